The molecule has 0 aliphatic heterocycles. The Balaban J connectivity index is 2.46. The van der Waals surface area contributed by atoms with Crippen LogP contribution >= 0.6 is 15.9 Å². The minimum atomic E-state index is -0.703. The maximum Gasteiger partial charge on any atom is 0.125 e. The molecule has 0 saturated heterocycles. The molecule has 2 aromatic rings. The smallest absolute Gasteiger partial charge is 0.125 e. The second-order valence-corrected chi connectivity index (χ2v) is 5.01. The average molecular weight is 313 g/mol. The van der Waals surface area contributed by atoms with Gasteiger partial charge in [-0.15, -0.1) is 0 Å². The van der Waals surface area contributed by atoms with E-state index in [-0.39, 0.29) is 0 Å². The molecule has 2 heterocycles. The first-order valence-corrected chi connectivity index (χ1v) is 6.79. The largest absolute Gasteiger partial charge is 0.382 e. The molecular formula is C12H17BrN4O. The molecule has 0 fully saturated rings. The average Bonchev–Trinajstić information content (AvgIpc) is 2.91. The summed E-state index contributed by atoms with van der Waals surface area (Å²) in [5.41, 5.74) is 2.54. The van der Waals surface area contributed by atoms with Gasteiger partial charge in [-0.1, -0.05) is 6.92 Å². The standard InChI is InChI=1S/C12H17BrN4O/c1-4-10-8(7-16(3)15-10)12(18)11-9(13)6-14-17(11)5-2/h6-7,12,18H,4-5H2,1-3H3. The van der Waals surface area contributed by atoms with E-state index in [2.05, 4.69) is 26.1 Å². The molecule has 1 unspecified atom stereocenters. The van der Waals surface area contributed by atoms with Gasteiger partial charge in [0.05, 0.1) is 22.1 Å². The van der Waals surface area contributed by atoms with Crippen molar-refractivity contribution in [1.82, 2.24) is 19.6 Å². The van der Waals surface area contributed by atoms with Crippen molar-refractivity contribution < 1.29 is 5.11 Å². The van der Waals surface area contributed by atoms with Crippen molar-refractivity contribution in [2.45, 2.75) is 32.9 Å². The fourth-order valence-corrected chi connectivity index (χ4v) is 2.61. The van der Waals surface area contributed by atoms with Gasteiger partial charge in [-0.05, 0) is 29.3 Å². The van der Waals surface area contributed by atoms with Crippen molar-refractivity contribution in [3.63, 3.8) is 0 Å². The number of aliphatic hydroxyl groups is 1. The van der Waals surface area contributed by atoms with Crippen LogP contribution in [0.3, 0.4) is 0 Å². The highest BCUT2D eigenvalue weighted by molar-refractivity contribution is 9.10. The van der Waals surface area contributed by atoms with Crippen LogP contribution < -0.4 is 0 Å². The van der Waals surface area contributed by atoms with Gasteiger partial charge < -0.3 is 5.11 Å². The third-order valence-electron chi connectivity index (χ3n) is 2.96. The summed E-state index contributed by atoms with van der Waals surface area (Å²) >= 11 is 3.44. The second kappa shape index (κ2) is 5.24. The Labute approximate surface area is 115 Å². The molecule has 18 heavy (non-hydrogen) atoms. The minimum absolute atomic E-state index is 0.703. The SMILES string of the molecule is CCc1nn(C)cc1C(O)c1c(Br)cnn1CC. The summed E-state index contributed by atoms with van der Waals surface area (Å²) < 4.78 is 4.35. The monoisotopic (exact) mass is 312 g/mol. The molecule has 0 aromatic carbocycles. The Morgan fingerprint density at radius 1 is 1.44 bits per heavy atom. The van der Waals surface area contributed by atoms with E-state index in [9.17, 15) is 5.11 Å². The van der Waals surface area contributed by atoms with E-state index in [1.807, 2.05) is 27.1 Å². The van der Waals surface area contributed by atoms with Crippen LogP contribution in [-0.2, 0) is 20.0 Å². The number of nitrogens with zero attached hydrogens (tertiary/aromatic N) is 4. The van der Waals surface area contributed by atoms with Gasteiger partial charge in [-0.2, -0.15) is 10.2 Å². The van der Waals surface area contributed by atoms with Crippen LogP contribution in [0.15, 0.2) is 16.9 Å². The quantitative estimate of drug-likeness (QED) is 0.940. The fourth-order valence-electron chi connectivity index (χ4n) is 2.10. The van der Waals surface area contributed by atoms with Gasteiger partial charge in [0.25, 0.3) is 0 Å². The van der Waals surface area contributed by atoms with Crippen molar-refractivity contribution >= 4 is 15.9 Å². The van der Waals surface area contributed by atoms with Gasteiger partial charge in [0.2, 0.25) is 0 Å². The highest BCUT2D eigenvalue weighted by Crippen LogP contribution is 2.30. The van der Waals surface area contributed by atoms with Crippen molar-refractivity contribution in [2.75, 3.05) is 0 Å². The number of aromatic nitrogens is 4. The molecule has 98 valence electrons. The maximum atomic E-state index is 10.6. The van der Waals surface area contributed by atoms with Crippen molar-refractivity contribution in [2.24, 2.45) is 7.05 Å². The molecule has 0 bridgehead atoms. The molecule has 0 amide bonds. The molecule has 0 aliphatic carbocycles. The van der Waals surface area contributed by atoms with Gasteiger partial charge in [0.15, 0.2) is 0 Å². The molecule has 0 saturated carbocycles. The lowest BCUT2D eigenvalue weighted by atomic mass is 10.1. The molecule has 0 spiro atoms. The zero-order chi connectivity index (χ0) is 13.3. The van der Waals surface area contributed by atoms with E-state index in [0.717, 1.165) is 34.4 Å². The number of hydrogen-bond acceptors (Lipinski definition) is 3. The lowest BCUT2D eigenvalue weighted by Crippen LogP contribution is -2.10. The molecule has 2 aromatic heterocycles. The van der Waals surface area contributed by atoms with E-state index < -0.39 is 6.10 Å². The third-order valence-corrected chi connectivity index (χ3v) is 3.57. The molecular weight excluding hydrogens is 296 g/mol. The van der Waals surface area contributed by atoms with Crippen LogP contribution in [0.4, 0.5) is 0 Å². The van der Waals surface area contributed by atoms with E-state index in [0.29, 0.717) is 0 Å². The van der Waals surface area contributed by atoms with Crippen LogP contribution in [-0.4, -0.2) is 24.7 Å². The third kappa shape index (κ3) is 2.22. The first-order valence-electron chi connectivity index (χ1n) is 6.00. The number of rotatable bonds is 4. The second-order valence-electron chi connectivity index (χ2n) is 4.15. The molecule has 1 N–H and O–H groups in total. The summed E-state index contributed by atoms with van der Waals surface area (Å²) in [5, 5.41) is 19.1. The Kier molecular flexibility index (Phi) is 3.87. The van der Waals surface area contributed by atoms with Crippen LogP contribution in [0.5, 0.6) is 0 Å². The summed E-state index contributed by atoms with van der Waals surface area (Å²) in [6.45, 7) is 4.75. The topological polar surface area (TPSA) is 55.9 Å². The van der Waals surface area contributed by atoms with Gasteiger partial charge >= 0.3 is 0 Å². The van der Waals surface area contributed by atoms with Crippen LogP contribution in [0.25, 0.3) is 0 Å². The van der Waals surface area contributed by atoms with Crippen LogP contribution in [0.2, 0.25) is 0 Å². The van der Waals surface area contributed by atoms with Gasteiger partial charge in [-0.25, -0.2) is 0 Å². The van der Waals surface area contributed by atoms with E-state index in [1.165, 1.54) is 0 Å². The summed E-state index contributed by atoms with van der Waals surface area (Å²) in [7, 11) is 1.86. The summed E-state index contributed by atoms with van der Waals surface area (Å²) in [6.07, 6.45) is 3.67. The van der Waals surface area contributed by atoms with E-state index >= 15 is 0 Å². The van der Waals surface area contributed by atoms with Crippen molar-refractivity contribution in [3.8, 4) is 0 Å². The van der Waals surface area contributed by atoms with Crippen molar-refractivity contribution in [3.05, 3.63) is 33.8 Å². The number of hydrogen-bond donors (Lipinski definition) is 1. The Hall–Kier alpha value is -1.14. The fraction of sp³-hybridized carbons (Fsp3) is 0.500. The highest BCUT2D eigenvalue weighted by Gasteiger charge is 2.23. The summed E-state index contributed by atoms with van der Waals surface area (Å²) in [6, 6.07) is 0. The van der Waals surface area contributed by atoms with Crippen molar-refractivity contribution in [1.29, 1.82) is 0 Å². The zero-order valence-electron chi connectivity index (χ0n) is 10.8. The molecule has 0 radical (unpaired) electrons. The highest BCUT2D eigenvalue weighted by atomic mass is 79.9. The number of aryl methyl sites for hydroxylation is 3. The number of halogens is 1. The summed E-state index contributed by atoms with van der Waals surface area (Å²) in [4.78, 5) is 0. The number of aliphatic hydroxyl groups excluding tert-OH is 1. The van der Waals surface area contributed by atoms with Crippen LogP contribution in [0.1, 0.15) is 36.9 Å². The maximum absolute atomic E-state index is 10.6. The summed E-state index contributed by atoms with van der Waals surface area (Å²) in [5.74, 6) is 0. The predicted molar refractivity (Wildman–Crippen MR) is 72.2 cm³/mol. The first-order chi connectivity index (χ1) is 8.58. The predicted octanol–water partition coefficient (Wildman–Crippen LogP) is 2.04. The van der Waals surface area contributed by atoms with Gasteiger partial charge in [-0.3, -0.25) is 9.36 Å². The van der Waals surface area contributed by atoms with E-state index in [4.69, 9.17) is 0 Å². The Bertz CT molecular complexity index is 546. The molecule has 1 atom stereocenters. The lowest BCUT2D eigenvalue weighted by Gasteiger charge is -2.13. The molecule has 5 nitrogen and oxygen atoms in total. The van der Waals surface area contributed by atoms with Gasteiger partial charge in [0.1, 0.15) is 6.10 Å². The minimum Gasteiger partial charge on any atom is -0.382 e. The Morgan fingerprint density at radius 3 is 2.78 bits per heavy atom. The van der Waals surface area contributed by atoms with Crippen LogP contribution in [0, 0.1) is 0 Å². The zero-order valence-corrected chi connectivity index (χ0v) is 12.3. The molecule has 6 heteroatoms. The molecule has 0 aliphatic rings. The Morgan fingerprint density at radius 2 is 2.17 bits per heavy atom. The first kappa shape index (κ1) is 13.3. The lowest BCUT2D eigenvalue weighted by molar-refractivity contribution is 0.206. The van der Waals surface area contributed by atoms with E-state index in [1.54, 1.807) is 15.6 Å². The molecule has 2 rings (SSSR count). The normalized spacial score (nSPS) is 12.9. The van der Waals surface area contributed by atoms with Gasteiger partial charge in [0, 0.05) is 25.4 Å².